The first-order chi connectivity index (χ1) is 13.6. The molecule has 0 bridgehead atoms. The monoisotopic (exact) mass is 369 g/mol. The summed E-state index contributed by atoms with van der Waals surface area (Å²) in [4.78, 5) is 16.0. The molecule has 0 saturated heterocycles. The molecule has 0 aliphatic heterocycles. The van der Waals surface area contributed by atoms with Crippen molar-refractivity contribution in [3.8, 4) is 5.82 Å². The molecule has 0 radical (unpaired) electrons. The second-order valence-corrected chi connectivity index (χ2v) is 6.87. The topological polar surface area (TPSA) is 46.8 Å². The van der Waals surface area contributed by atoms with Crippen LogP contribution in [0.2, 0.25) is 0 Å². The van der Waals surface area contributed by atoms with Crippen LogP contribution in [0.25, 0.3) is 16.9 Å². The minimum atomic E-state index is 0.660. The predicted molar refractivity (Wildman–Crippen MR) is 115 cm³/mol. The summed E-state index contributed by atoms with van der Waals surface area (Å²) >= 11 is 0. The van der Waals surface area contributed by atoms with Gasteiger partial charge in [-0.25, -0.2) is 15.0 Å². The van der Waals surface area contributed by atoms with Crippen LogP contribution in [0.5, 0.6) is 0 Å². The number of fused-ring (bicyclic) bond motifs is 1. The lowest BCUT2D eigenvalue weighted by Crippen LogP contribution is -2.16. The lowest BCUT2D eigenvalue weighted by atomic mass is 10.1. The third-order valence-corrected chi connectivity index (χ3v) is 4.93. The van der Waals surface area contributed by atoms with Gasteiger partial charge in [-0.05, 0) is 44.5 Å². The van der Waals surface area contributed by atoms with Crippen molar-refractivity contribution >= 4 is 22.5 Å². The zero-order chi connectivity index (χ0) is 19.7. The first-order valence-corrected chi connectivity index (χ1v) is 9.29. The fourth-order valence-electron chi connectivity index (χ4n) is 3.51. The van der Waals surface area contributed by atoms with Crippen molar-refractivity contribution in [1.29, 1.82) is 0 Å². The van der Waals surface area contributed by atoms with Gasteiger partial charge < -0.3 is 4.90 Å². The first kappa shape index (κ1) is 17.9. The molecular weight excluding hydrogens is 346 g/mol. The Morgan fingerprint density at radius 2 is 1.79 bits per heavy atom. The average Bonchev–Trinajstić information content (AvgIpc) is 3.04. The normalized spacial score (nSPS) is 11.0. The van der Waals surface area contributed by atoms with Crippen molar-refractivity contribution in [2.45, 2.75) is 20.3 Å². The van der Waals surface area contributed by atoms with Crippen molar-refractivity contribution < 1.29 is 0 Å². The Morgan fingerprint density at radius 3 is 2.54 bits per heavy atom. The summed E-state index contributed by atoms with van der Waals surface area (Å²) in [5.41, 5.74) is 5.32. The average molecular weight is 369 g/mol. The van der Waals surface area contributed by atoms with E-state index in [0.717, 1.165) is 39.7 Å². The summed E-state index contributed by atoms with van der Waals surface area (Å²) in [6, 6.07) is 16.5. The van der Waals surface area contributed by atoms with Crippen LogP contribution in [0.15, 0.2) is 67.5 Å². The maximum Gasteiger partial charge on any atom is 0.147 e. The van der Waals surface area contributed by atoms with Gasteiger partial charge in [-0.3, -0.25) is 4.57 Å². The molecule has 0 spiro atoms. The molecule has 4 rings (SSSR count). The quantitative estimate of drug-likeness (QED) is 0.468. The van der Waals surface area contributed by atoms with Gasteiger partial charge in [0.05, 0.1) is 11.0 Å². The minimum absolute atomic E-state index is 0.660. The third-order valence-electron chi connectivity index (χ3n) is 4.93. The van der Waals surface area contributed by atoms with Crippen molar-refractivity contribution in [2.24, 2.45) is 0 Å². The number of anilines is 2. The molecule has 2 heterocycles. The maximum atomic E-state index is 4.70. The summed E-state index contributed by atoms with van der Waals surface area (Å²) in [7, 11) is 2.03. The minimum Gasteiger partial charge on any atom is -0.329 e. The van der Waals surface area contributed by atoms with Gasteiger partial charge in [0, 0.05) is 18.3 Å². The number of hydrogen-bond acceptors (Lipinski definition) is 4. The second-order valence-electron chi connectivity index (χ2n) is 6.87. The Balaban J connectivity index is 1.92. The van der Waals surface area contributed by atoms with Crippen LogP contribution in [0.4, 0.5) is 11.5 Å². The Labute approximate surface area is 165 Å². The summed E-state index contributed by atoms with van der Waals surface area (Å²) in [5, 5.41) is 0. The highest BCUT2D eigenvalue weighted by molar-refractivity contribution is 5.79. The number of rotatable bonds is 5. The molecule has 0 aliphatic rings. The van der Waals surface area contributed by atoms with Gasteiger partial charge in [0.1, 0.15) is 23.8 Å². The fourth-order valence-corrected chi connectivity index (χ4v) is 3.51. The molecule has 28 heavy (non-hydrogen) atoms. The Kier molecular flexibility index (Phi) is 4.65. The van der Waals surface area contributed by atoms with E-state index in [4.69, 9.17) is 4.98 Å². The highest BCUT2D eigenvalue weighted by Crippen LogP contribution is 2.30. The van der Waals surface area contributed by atoms with Gasteiger partial charge >= 0.3 is 0 Å². The van der Waals surface area contributed by atoms with E-state index in [1.54, 1.807) is 6.33 Å². The lowest BCUT2D eigenvalue weighted by Gasteiger charge is -2.23. The number of aryl methyl sites for hydroxylation is 2. The zero-order valence-corrected chi connectivity index (χ0v) is 16.4. The Hall–Kier alpha value is -3.47. The fraction of sp³-hybridized carbons (Fsp3) is 0.174. The highest BCUT2D eigenvalue weighted by atomic mass is 15.2. The van der Waals surface area contributed by atoms with E-state index in [0.29, 0.717) is 6.42 Å². The molecule has 0 fully saturated rings. The molecule has 0 unspecified atom stereocenters. The van der Waals surface area contributed by atoms with Crippen molar-refractivity contribution in [3.05, 3.63) is 84.5 Å². The number of allylic oxidation sites excluding steroid dienone is 1. The summed E-state index contributed by atoms with van der Waals surface area (Å²) in [6.07, 6.45) is 4.17. The molecule has 0 N–H and O–H groups in total. The lowest BCUT2D eigenvalue weighted by molar-refractivity contribution is 0.907. The van der Waals surface area contributed by atoms with Gasteiger partial charge in [-0.2, -0.15) is 0 Å². The van der Waals surface area contributed by atoms with E-state index in [1.165, 1.54) is 5.56 Å². The van der Waals surface area contributed by atoms with Gasteiger partial charge in [0.2, 0.25) is 0 Å². The van der Waals surface area contributed by atoms with Crippen molar-refractivity contribution in [3.63, 3.8) is 0 Å². The summed E-state index contributed by atoms with van der Waals surface area (Å²) in [6.45, 7) is 8.04. The van der Waals surface area contributed by atoms with E-state index >= 15 is 0 Å². The molecule has 4 aromatic rings. The number of nitrogens with zero attached hydrogens (tertiary/aromatic N) is 5. The molecule has 2 aromatic carbocycles. The summed E-state index contributed by atoms with van der Waals surface area (Å²) in [5.74, 6) is 2.61. The summed E-state index contributed by atoms with van der Waals surface area (Å²) < 4.78 is 2.10. The van der Waals surface area contributed by atoms with Crippen LogP contribution in [0.3, 0.4) is 0 Å². The van der Waals surface area contributed by atoms with Crippen LogP contribution >= 0.6 is 0 Å². The van der Waals surface area contributed by atoms with E-state index in [1.807, 2.05) is 38.2 Å². The smallest absolute Gasteiger partial charge is 0.147 e. The van der Waals surface area contributed by atoms with E-state index < -0.39 is 0 Å². The van der Waals surface area contributed by atoms with E-state index in [2.05, 4.69) is 63.3 Å². The standard InChI is InChI=1S/C23H23N5/c1-5-8-19-22(27(4)18-13-11-16(2)12-14-18)24-15-25-23(19)28-17(3)26-20-9-6-7-10-21(20)28/h5-7,9-15H,1,8H2,2-4H3. The number of aromatic nitrogens is 4. The Morgan fingerprint density at radius 1 is 1.04 bits per heavy atom. The van der Waals surface area contributed by atoms with Gasteiger partial charge in [0.25, 0.3) is 0 Å². The number of imidazole rings is 1. The van der Waals surface area contributed by atoms with E-state index in [9.17, 15) is 0 Å². The van der Waals surface area contributed by atoms with Gasteiger partial charge in [-0.1, -0.05) is 35.9 Å². The molecule has 2 aromatic heterocycles. The molecule has 0 atom stereocenters. The number of benzene rings is 2. The second kappa shape index (κ2) is 7.27. The molecular formula is C23H23N5. The maximum absolute atomic E-state index is 4.70. The Bertz CT molecular complexity index is 1140. The number of hydrogen-bond donors (Lipinski definition) is 0. The largest absolute Gasteiger partial charge is 0.329 e. The van der Waals surface area contributed by atoms with Crippen LogP contribution < -0.4 is 4.90 Å². The van der Waals surface area contributed by atoms with Gasteiger partial charge in [0.15, 0.2) is 0 Å². The first-order valence-electron chi connectivity index (χ1n) is 9.29. The van der Waals surface area contributed by atoms with Crippen LogP contribution in [0, 0.1) is 13.8 Å². The van der Waals surface area contributed by atoms with Crippen LogP contribution in [0.1, 0.15) is 17.0 Å². The molecule has 0 aliphatic carbocycles. The van der Waals surface area contributed by atoms with Crippen molar-refractivity contribution in [1.82, 2.24) is 19.5 Å². The van der Waals surface area contributed by atoms with Crippen LogP contribution in [-0.2, 0) is 6.42 Å². The number of para-hydroxylation sites is 2. The van der Waals surface area contributed by atoms with E-state index in [-0.39, 0.29) is 0 Å². The SMILES string of the molecule is C=CCc1c(N(C)c2ccc(C)cc2)ncnc1-n1c(C)nc2ccccc21. The third kappa shape index (κ3) is 3.05. The molecule has 0 saturated carbocycles. The molecule has 5 nitrogen and oxygen atoms in total. The van der Waals surface area contributed by atoms with Crippen molar-refractivity contribution in [2.75, 3.05) is 11.9 Å². The molecule has 140 valence electrons. The zero-order valence-electron chi connectivity index (χ0n) is 16.4. The predicted octanol–water partition coefficient (Wildman–Crippen LogP) is 4.93. The molecule has 5 heteroatoms. The molecule has 0 amide bonds. The van der Waals surface area contributed by atoms with Crippen LogP contribution in [-0.4, -0.2) is 26.6 Å². The highest BCUT2D eigenvalue weighted by Gasteiger charge is 2.19. The van der Waals surface area contributed by atoms with Gasteiger partial charge in [-0.15, -0.1) is 6.58 Å².